The average Bonchev–Trinajstić information content (AvgIpc) is 2.54. The zero-order chi connectivity index (χ0) is 8.39. The summed E-state index contributed by atoms with van der Waals surface area (Å²) in [5.41, 5.74) is 1.19. The SMILES string of the molecule is C[N+]1=NOC(c2ccccc2)C1. The largest absolute Gasteiger partial charge is 0.333 e. The topological polar surface area (TPSA) is 24.6 Å². The number of rotatable bonds is 1. The van der Waals surface area contributed by atoms with Crippen molar-refractivity contribution in [2.45, 2.75) is 6.10 Å². The lowest BCUT2D eigenvalue weighted by atomic mass is 10.1. The first-order valence-electron chi connectivity index (χ1n) is 3.99. The van der Waals surface area contributed by atoms with Gasteiger partial charge < -0.3 is 4.84 Å². The highest BCUT2D eigenvalue weighted by Gasteiger charge is 2.25. The Hall–Kier alpha value is -1.38. The van der Waals surface area contributed by atoms with E-state index in [0.717, 1.165) is 6.54 Å². The summed E-state index contributed by atoms with van der Waals surface area (Å²) in [6.07, 6.45) is 0.108. The Balaban J connectivity index is 2.14. The Morgan fingerprint density at radius 3 is 2.75 bits per heavy atom. The second kappa shape index (κ2) is 2.93. The molecule has 0 radical (unpaired) electrons. The molecule has 1 atom stereocenters. The molecule has 12 heavy (non-hydrogen) atoms. The van der Waals surface area contributed by atoms with Crippen molar-refractivity contribution in [3.8, 4) is 0 Å². The van der Waals surface area contributed by atoms with Gasteiger partial charge in [-0.15, -0.1) is 0 Å². The summed E-state index contributed by atoms with van der Waals surface area (Å²) < 4.78 is 1.80. The Labute approximate surface area is 71.2 Å². The first kappa shape index (κ1) is 7.28. The summed E-state index contributed by atoms with van der Waals surface area (Å²) in [4.78, 5) is 5.20. The van der Waals surface area contributed by atoms with E-state index in [0.29, 0.717) is 0 Å². The van der Waals surface area contributed by atoms with Crippen LogP contribution in [0.3, 0.4) is 0 Å². The molecule has 1 unspecified atom stereocenters. The van der Waals surface area contributed by atoms with E-state index < -0.39 is 0 Å². The third-order valence-corrected chi connectivity index (χ3v) is 1.92. The summed E-state index contributed by atoms with van der Waals surface area (Å²) in [6, 6.07) is 10.1. The predicted molar refractivity (Wildman–Crippen MR) is 43.7 cm³/mol. The van der Waals surface area contributed by atoms with Crippen LogP contribution in [-0.4, -0.2) is 18.3 Å². The first-order valence-corrected chi connectivity index (χ1v) is 3.99. The Morgan fingerprint density at radius 2 is 2.17 bits per heavy atom. The maximum Gasteiger partial charge on any atom is 0.218 e. The summed E-state index contributed by atoms with van der Waals surface area (Å²) in [5, 5.41) is 3.83. The van der Waals surface area contributed by atoms with E-state index in [-0.39, 0.29) is 6.10 Å². The number of benzene rings is 1. The first-order chi connectivity index (χ1) is 5.86. The molecule has 62 valence electrons. The Kier molecular flexibility index (Phi) is 1.78. The molecule has 1 aromatic carbocycles. The van der Waals surface area contributed by atoms with E-state index >= 15 is 0 Å². The van der Waals surface area contributed by atoms with Crippen molar-refractivity contribution in [3.05, 3.63) is 35.9 Å². The Bertz CT molecular complexity index is 295. The van der Waals surface area contributed by atoms with Crippen LogP contribution in [0.25, 0.3) is 0 Å². The molecule has 0 saturated carbocycles. The molecule has 0 spiro atoms. The van der Waals surface area contributed by atoms with Crippen LogP contribution in [0.15, 0.2) is 35.6 Å². The molecule has 1 heterocycles. The minimum absolute atomic E-state index is 0.108. The van der Waals surface area contributed by atoms with E-state index in [2.05, 4.69) is 17.4 Å². The van der Waals surface area contributed by atoms with Crippen LogP contribution in [0.5, 0.6) is 0 Å². The average molecular weight is 163 g/mol. The van der Waals surface area contributed by atoms with Crippen molar-refractivity contribution >= 4 is 0 Å². The van der Waals surface area contributed by atoms with Crippen LogP contribution >= 0.6 is 0 Å². The fourth-order valence-corrected chi connectivity index (χ4v) is 1.28. The van der Waals surface area contributed by atoms with Crippen LogP contribution in [0.4, 0.5) is 0 Å². The molecule has 2 rings (SSSR count). The van der Waals surface area contributed by atoms with Crippen molar-refractivity contribution in [1.82, 2.24) is 0 Å². The van der Waals surface area contributed by atoms with E-state index in [1.54, 1.807) is 4.70 Å². The third kappa shape index (κ3) is 1.30. The van der Waals surface area contributed by atoms with Crippen LogP contribution < -0.4 is 0 Å². The predicted octanol–water partition coefficient (Wildman–Crippen LogP) is 1.77. The van der Waals surface area contributed by atoms with Crippen LogP contribution in [0.2, 0.25) is 0 Å². The third-order valence-electron chi connectivity index (χ3n) is 1.92. The molecule has 1 aromatic rings. The molecule has 0 saturated heterocycles. The highest BCUT2D eigenvalue weighted by molar-refractivity contribution is 5.17. The van der Waals surface area contributed by atoms with E-state index in [1.807, 2.05) is 25.2 Å². The molecule has 0 aliphatic carbocycles. The van der Waals surface area contributed by atoms with Crippen molar-refractivity contribution in [1.29, 1.82) is 0 Å². The fourth-order valence-electron chi connectivity index (χ4n) is 1.28. The molecule has 0 amide bonds. The summed E-state index contributed by atoms with van der Waals surface area (Å²) in [7, 11) is 1.91. The molecule has 0 fully saturated rings. The smallest absolute Gasteiger partial charge is 0.218 e. The Morgan fingerprint density at radius 1 is 1.42 bits per heavy atom. The highest BCUT2D eigenvalue weighted by atomic mass is 16.7. The molecule has 1 aliphatic rings. The molecule has 0 bridgehead atoms. The van der Waals surface area contributed by atoms with Crippen LogP contribution in [0, 0.1) is 0 Å². The maximum atomic E-state index is 5.20. The minimum Gasteiger partial charge on any atom is -0.333 e. The molecule has 3 heteroatoms. The zero-order valence-corrected chi connectivity index (χ0v) is 6.97. The molecular weight excluding hydrogens is 152 g/mol. The quantitative estimate of drug-likeness (QED) is 0.579. The van der Waals surface area contributed by atoms with Gasteiger partial charge in [-0.05, 0) is 0 Å². The van der Waals surface area contributed by atoms with E-state index in [9.17, 15) is 0 Å². The van der Waals surface area contributed by atoms with Gasteiger partial charge in [0.15, 0.2) is 12.3 Å². The second-order valence-corrected chi connectivity index (χ2v) is 2.93. The lowest BCUT2D eigenvalue weighted by Gasteiger charge is -2.01. The van der Waals surface area contributed by atoms with E-state index in [1.165, 1.54) is 5.56 Å². The van der Waals surface area contributed by atoms with Gasteiger partial charge in [-0.25, -0.2) is 0 Å². The van der Waals surface area contributed by atoms with Crippen molar-refractivity contribution in [2.75, 3.05) is 13.6 Å². The summed E-state index contributed by atoms with van der Waals surface area (Å²) >= 11 is 0. The van der Waals surface area contributed by atoms with Gasteiger partial charge in [0.2, 0.25) is 12.6 Å². The van der Waals surface area contributed by atoms with Gasteiger partial charge in [0.05, 0.1) is 0 Å². The zero-order valence-electron chi connectivity index (χ0n) is 6.97. The second-order valence-electron chi connectivity index (χ2n) is 2.93. The van der Waals surface area contributed by atoms with Gasteiger partial charge in [0.25, 0.3) is 0 Å². The van der Waals surface area contributed by atoms with Crippen molar-refractivity contribution < 1.29 is 9.53 Å². The summed E-state index contributed by atoms with van der Waals surface area (Å²) in [6.45, 7) is 0.837. The molecule has 3 nitrogen and oxygen atoms in total. The molecule has 0 aromatic heterocycles. The van der Waals surface area contributed by atoms with E-state index in [4.69, 9.17) is 4.84 Å². The van der Waals surface area contributed by atoms with Gasteiger partial charge >= 0.3 is 0 Å². The van der Waals surface area contributed by atoms with Crippen molar-refractivity contribution in [2.24, 2.45) is 5.28 Å². The standard InChI is InChI=1S/C9H11N2O/c1-11-7-9(12-10-11)8-5-3-2-4-6-8/h2-6,9H,7H2,1H3/q+1. The fraction of sp³-hybridized carbons (Fsp3) is 0.333. The highest BCUT2D eigenvalue weighted by Crippen LogP contribution is 2.21. The number of nitrogens with zero attached hydrogens (tertiary/aromatic N) is 2. The lowest BCUT2D eigenvalue weighted by molar-refractivity contribution is -0.561. The normalized spacial score (nSPS) is 21.8. The lowest BCUT2D eigenvalue weighted by Crippen LogP contribution is -2.06. The molecule has 1 aliphatic heterocycles. The van der Waals surface area contributed by atoms with Crippen LogP contribution in [0.1, 0.15) is 11.7 Å². The number of likely N-dealkylation sites (N-methyl/N-ethyl adjacent to an activating group) is 1. The van der Waals surface area contributed by atoms with Gasteiger partial charge in [-0.2, -0.15) is 0 Å². The number of hydrogen-bond acceptors (Lipinski definition) is 2. The van der Waals surface area contributed by atoms with Crippen LogP contribution in [-0.2, 0) is 4.84 Å². The number of hydrogen-bond donors (Lipinski definition) is 0. The molecular formula is C9H11N2O+. The van der Waals surface area contributed by atoms with Gasteiger partial charge in [0, 0.05) is 5.56 Å². The maximum absolute atomic E-state index is 5.20. The van der Waals surface area contributed by atoms with Gasteiger partial charge in [0.1, 0.15) is 0 Å². The van der Waals surface area contributed by atoms with Gasteiger partial charge in [-0.1, -0.05) is 35.0 Å². The van der Waals surface area contributed by atoms with Crippen molar-refractivity contribution in [3.63, 3.8) is 0 Å². The monoisotopic (exact) mass is 163 g/mol. The van der Waals surface area contributed by atoms with Gasteiger partial charge in [-0.3, -0.25) is 0 Å². The molecule has 0 N–H and O–H groups in total. The minimum atomic E-state index is 0.108. The summed E-state index contributed by atoms with van der Waals surface area (Å²) in [5.74, 6) is 0.